The first kappa shape index (κ1) is 9.52. The van der Waals surface area contributed by atoms with E-state index in [-0.39, 0.29) is 0 Å². The molecule has 0 amide bonds. The van der Waals surface area contributed by atoms with Gasteiger partial charge in [0.05, 0.1) is 12.0 Å². The van der Waals surface area contributed by atoms with E-state index in [2.05, 4.69) is 11.6 Å². The first-order chi connectivity index (χ1) is 7.42. The molecule has 0 N–H and O–H groups in total. The molecule has 2 rings (SSSR count). The maximum Gasteiger partial charge on any atom is 0.143 e. The van der Waals surface area contributed by atoms with Gasteiger partial charge < -0.3 is 9.30 Å². The van der Waals surface area contributed by atoms with Crippen molar-refractivity contribution in [2.75, 3.05) is 6.61 Å². The van der Waals surface area contributed by atoms with Crippen molar-refractivity contribution in [3.05, 3.63) is 55.6 Å². The molecule has 76 valence electrons. The number of hydrogen-bond acceptors (Lipinski definition) is 2. The highest BCUT2D eigenvalue weighted by Crippen LogP contribution is 2.21. The van der Waals surface area contributed by atoms with Gasteiger partial charge in [0.25, 0.3) is 0 Å². The van der Waals surface area contributed by atoms with Crippen LogP contribution in [-0.2, 0) is 0 Å². The first-order valence-electron chi connectivity index (χ1n) is 4.73. The summed E-state index contributed by atoms with van der Waals surface area (Å²) in [4.78, 5) is 4.01. The highest BCUT2D eigenvalue weighted by atomic mass is 16.5. The molecule has 0 bridgehead atoms. The fourth-order valence-corrected chi connectivity index (χ4v) is 1.34. The predicted octanol–water partition coefficient (Wildman–Crippen LogP) is 2.44. The average Bonchev–Trinajstić information content (AvgIpc) is 2.80. The lowest BCUT2D eigenvalue weighted by atomic mass is 10.3. The number of nitrogens with zero attached hydrogens (tertiary/aromatic N) is 2. The van der Waals surface area contributed by atoms with E-state index in [9.17, 15) is 0 Å². The number of benzene rings is 1. The largest absolute Gasteiger partial charge is 0.487 e. The summed E-state index contributed by atoms with van der Waals surface area (Å²) in [7, 11) is 0. The highest BCUT2D eigenvalue weighted by Gasteiger charge is 2.02. The van der Waals surface area contributed by atoms with Gasteiger partial charge in [0.1, 0.15) is 12.4 Å². The summed E-state index contributed by atoms with van der Waals surface area (Å²) in [6.45, 7) is 4.13. The van der Waals surface area contributed by atoms with Crippen LogP contribution in [-0.4, -0.2) is 16.2 Å². The zero-order valence-corrected chi connectivity index (χ0v) is 8.34. The van der Waals surface area contributed by atoms with Gasteiger partial charge >= 0.3 is 0 Å². The Balaban J connectivity index is 2.34. The zero-order chi connectivity index (χ0) is 10.5. The molecule has 3 nitrogen and oxygen atoms in total. The summed E-state index contributed by atoms with van der Waals surface area (Å²) in [5.74, 6) is 0.829. The fraction of sp³-hybridized carbons (Fsp3) is 0.0833. The van der Waals surface area contributed by atoms with Crippen LogP contribution in [0, 0.1) is 0 Å². The van der Waals surface area contributed by atoms with E-state index in [0.29, 0.717) is 6.61 Å². The Morgan fingerprint density at radius 2 is 2.27 bits per heavy atom. The second-order valence-corrected chi connectivity index (χ2v) is 3.04. The summed E-state index contributed by atoms with van der Waals surface area (Å²) in [5.41, 5.74) is 0.983. The van der Waals surface area contributed by atoms with E-state index >= 15 is 0 Å². The molecule has 1 heterocycles. The molecule has 1 aromatic carbocycles. The van der Waals surface area contributed by atoms with Gasteiger partial charge in [-0.05, 0) is 12.1 Å². The van der Waals surface area contributed by atoms with Crippen molar-refractivity contribution < 1.29 is 4.74 Å². The molecule has 0 radical (unpaired) electrons. The summed E-state index contributed by atoms with van der Waals surface area (Å²) in [5, 5.41) is 0. The molecule has 0 unspecified atom stereocenters. The normalized spacial score (nSPS) is 9.87. The maximum absolute atomic E-state index is 5.54. The Hall–Kier alpha value is -2.03. The van der Waals surface area contributed by atoms with E-state index in [1.54, 1.807) is 18.6 Å². The summed E-state index contributed by atoms with van der Waals surface area (Å²) < 4.78 is 7.46. The molecule has 0 aliphatic heterocycles. The van der Waals surface area contributed by atoms with Gasteiger partial charge in [-0.3, -0.25) is 0 Å². The monoisotopic (exact) mass is 200 g/mol. The minimum absolute atomic E-state index is 0.506. The van der Waals surface area contributed by atoms with E-state index < -0.39 is 0 Å². The van der Waals surface area contributed by atoms with Crippen molar-refractivity contribution in [1.82, 2.24) is 9.55 Å². The van der Waals surface area contributed by atoms with E-state index in [4.69, 9.17) is 4.74 Å². The van der Waals surface area contributed by atoms with Crippen LogP contribution in [0.5, 0.6) is 5.75 Å². The van der Waals surface area contributed by atoms with Crippen LogP contribution in [0.15, 0.2) is 55.6 Å². The minimum Gasteiger partial charge on any atom is -0.487 e. The molecule has 2 aromatic rings. The Morgan fingerprint density at radius 1 is 1.40 bits per heavy atom. The number of hydrogen-bond donors (Lipinski definition) is 0. The van der Waals surface area contributed by atoms with Gasteiger partial charge in [0, 0.05) is 12.4 Å². The van der Waals surface area contributed by atoms with Crippen molar-refractivity contribution in [3.8, 4) is 11.4 Å². The molecule has 3 heteroatoms. The van der Waals surface area contributed by atoms with Crippen molar-refractivity contribution in [2.45, 2.75) is 0 Å². The Morgan fingerprint density at radius 3 is 3.00 bits per heavy atom. The molecule has 0 spiro atoms. The van der Waals surface area contributed by atoms with Crippen LogP contribution in [0.2, 0.25) is 0 Å². The molecule has 0 saturated heterocycles. The first-order valence-corrected chi connectivity index (χ1v) is 4.73. The summed E-state index contributed by atoms with van der Waals surface area (Å²) in [6.07, 6.45) is 7.10. The molecule has 0 fully saturated rings. The molecule has 1 aromatic heterocycles. The summed E-state index contributed by atoms with van der Waals surface area (Å²) in [6, 6.07) is 7.83. The van der Waals surface area contributed by atoms with Crippen LogP contribution < -0.4 is 4.74 Å². The number of ether oxygens (including phenoxy) is 1. The van der Waals surface area contributed by atoms with Gasteiger partial charge in [0.2, 0.25) is 0 Å². The van der Waals surface area contributed by atoms with Gasteiger partial charge in [0.15, 0.2) is 0 Å². The topological polar surface area (TPSA) is 27.1 Å². The lowest BCUT2D eigenvalue weighted by Crippen LogP contribution is -1.98. The molecule has 15 heavy (non-hydrogen) atoms. The molecule has 0 atom stereocenters. The van der Waals surface area contributed by atoms with Crippen molar-refractivity contribution in [3.63, 3.8) is 0 Å². The third-order valence-corrected chi connectivity index (χ3v) is 2.00. The van der Waals surface area contributed by atoms with Crippen LogP contribution in [0.1, 0.15) is 0 Å². The predicted molar refractivity (Wildman–Crippen MR) is 59.3 cm³/mol. The zero-order valence-electron chi connectivity index (χ0n) is 8.34. The third-order valence-electron chi connectivity index (χ3n) is 2.00. The van der Waals surface area contributed by atoms with Crippen LogP contribution in [0.4, 0.5) is 0 Å². The average molecular weight is 200 g/mol. The fourth-order valence-electron chi connectivity index (χ4n) is 1.34. The summed E-state index contributed by atoms with van der Waals surface area (Å²) >= 11 is 0. The molecule has 0 saturated carbocycles. The van der Waals surface area contributed by atoms with Gasteiger partial charge in [-0.1, -0.05) is 24.8 Å². The lowest BCUT2D eigenvalue weighted by Gasteiger charge is -2.09. The second-order valence-electron chi connectivity index (χ2n) is 3.04. The van der Waals surface area contributed by atoms with Crippen molar-refractivity contribution >= 4 is 0 Å². The molecule has 0 aliphatic carbocycles. The number of imidazole rings is 1. The number of aromatic nitrogens is 2. The number of rotatable bonds is 4. The van der Waals surface area contributed by atoms with Gasteiger partial charge in [-0.2, -0.15) is 0 Å². The quantitative estimate of drug-likeness (QED) is 0.709. The second kappa shape index (κ2) is 4.46. The number of para-hydroxylation sites is 2. The van der Waals surface area contributed by atoms with Crippen LogP contribution >= 0.6 is 0 Å². The van der Waals surface area contributed by atoms with E-state index in [1.165, 1.54) is 0 Å². The molecular weight excluding hydrogens is 188 g/mol. The molecular formula is C12H12N2O. The van der Waals surface area contributed by atoms with Crippen molar-refractivity contribution in [2.24, 2.45) is 0 Å². The van der Waals surface area contributed by atoms with Gasteiger partial charge in [-0.25, -0.2) is 4.98 Å². The Labute approximate surface area is 88.6 Å². The minimum atomic E-state index is 0.506. The highest BCUT2D eigenvalue weighted by molar-refractivity contribution is 5.46. The van der Waals surface area contributed by atoms with Crippen LogP contribution in [0.3, 0.4) is 0 Å². The standard InChI is InChI=1S/C12H12N2O/c1-2-9-15-12-6-4-3-5-11(12)14-8-7-13-10-14/h2-8,10H,1,9H2. The molecule has 0 aliphatic rings. The lowest BCUT2D eigenvalue weighted by molar-refractivity contribution is 0.362. The smallest absolute Gasteiger partial charge is 0.143 e. The Bertz CT molecular complexity index is 435. The van der Waals surface area contributed by atoms with Gasteiger partial charge in [-0.15, -0.1) is 0 Å². The van der Waals surface area contributed by atoms with E-state index in [0.717, 1.165) is 11.4 Å². The van der Waals surface area contributed by atoms with Crippen LogP contribution in [0.25, 0.3) is 5.69 Å². The van der Waals surface area contributed by atoms with E-state index in [1.807, 2.05) is 35.0 Å². The van der Waals surface area contributed by atoms with Crippen molar-refractivity contribution in [1.29, 1.82) is 0 Å². The Kier molecular flexibility index (Phi) is 2.83. The SMILES string of the molecule is C=CCOc1ccccc1-n1ccnc1. The maximum atomic E-state index is 5.54. The third kappa shape index (κ3) is 2.07.